The lowest BCUT2D eigenvalue weighted by molar-refractivity contribution is -0.386. The number of nitro groups is 1. The number of hydrogen-bond acceptors (Lipinski definition) is 12. The first kappa shape index (κ1) is 28.8. The van der Waals surface area contributed by atoms with Crippen molar-refractivity contribution >= 4 is 58.6 Å². The highest BCUT2D eigenvalue weighted by atomic mass is 32.2. The Morgan fingerprint density at radius 3 is 2.60 bits per heavy atom. The van der Waals surface area contributed by atoms with Crippen LogP contribution in [0.5, 0.6) is 0 Å². The third-order valence-corrected chi connectivity index (χ3v) is 8.66. The van der Waals surface area contributed by atoms with Gasteiger partial charge in [0.05, 0.1) is 10.5 Å². The number of para-hydroxylation sites is 1. The number of aromatic nitrogens is 4. The molecule has 1 saturated heterocycles. The van der Waals surface area contributed by atoms with Gasteiger partial charge in [-0.15, -0.1) is 28.6 Å². The Labute approximate surface area is 241 Å². The van der Waals surface area contributed by atoms with Crippen molar-refractivity contribution in [2.24, 2.45) is 0 Å². The zero-order valence-corrected chi connectivity index (χ0v) is 22.6. The number of rotatable bonds is 10. The zero-order chi connectivity index (χ0) is 30.3. The Kier molecular flexibility index (Phi) is 7.71. The number of thioether (sulfide) groups is 2. The molecule has 2 aromatic heterocycles. The van der Waals surface area contributed by atoms with Gasteiger partial charge < -0.3 is 20.6 Å². The molecule has 42 heavy (non-hydrogen) atoms. The van der Waals surface area contributed by atoms with Gasteiger partial charge in [0.2, 0.25) is 0 Å². The average molecular weight is 618 g/mol. The van der Waals surface area contributed by atoms with E-state index in [4.69, 9.17) is 5.11 Å². The summed E-state index contributed by atoms with van der Waals surface area (Å²) < 4.78 is 1.67. The predicted molar refractivity (Wildman–Crippen MR) is 143 cm³/mol. The maximum Gasteiger partial charge on any atom is 0.367 e. The van der Waals surface area contributed by atoms with Crippen molar-refractivity contribution in [3.8, 4) is 0 Å². The fraction of sp³-hybridized carbons (Fsp3) is 0.261. The van der Waals surface area contributed by atoms with E-state index in [9.17, 15) is 44.3 Å². The van der Waals surface area contributed by atoms with Gasteiger partial charge in [-0.05, 0) is 23.8 Å². The Bertz CT molecular complexity index is 1750. The van der Waals surface area contributed by atoms with Gasteiger partial charge in [-0.2, -0.15) is 14.3 Å². The van der Waals surface area contributed by atoms with Crippen molar-refractivity contribution in [3.05, 3.63) is 73.8 Å². The number of fused-ring (bicyclic) bond motifs is 2. The van der Waals surface area contributed by atoms with Crippen LogP contribution in [0.4, 0.5) is 5.69 Å². The van der Waals surface area contributed by atoms with E-state index in [2.05, 4.69) is 15.5 Å². The number of carboxylic acids is 2. The Morgan fingerprint density at radius 1 is 1.17 bits per heavy atom. The SMILES string of the molecule is O=C(O)Cn1nc2ccc(SCC3=C(C(=O)O)N4C(=O)C(NC(=O)C(O)c5ccccc5[N+](=O)[O-])[C@@H]4SC3)nn2c1=O. The quantitative estimate of drug-likeness (QED) is 0.0966. The fourth-order valence-corrected chi connectivity index (χ4v) is 6.75. The van der Waals surface area contributed by atoms with Gasteiger partial charge in [0.15, 0.2) is 11.8 Å². The highest BCUT2D eigenvalue weighted by molar-refractivity contribution is 8.01. The number of hydrogen-bond donors (Lipinski definition) is 4. The van der Waals surface area contributed by atoms with Gasteiger partial charge in [-0.3, -0.25) is 29.4 Å². The lowest BCUT2D eigenvalue weighted by atomic mass is 10.0. The van der Waals surface area contributed by atoms with Gasteiger partial charge in [-0.25, -0.2) is 9.59 Å². The summed E-state index contributed by atoms with van der Waals surface area (Å²) in [5, 5.41) is 50.4. The molecular formula is C23H19N7O10S2. The van der Waals surface area contributed by atoms with Crippen LogP contribution in [0.1, 0.15) is 11.7 Å². The largest absolute Gasteiger partial charge is 0.480 e. The number of carbonyl (C=O) groups excluding carboxylic acids is 2. The topological polar surface area (TPSA) is 240 Å². The van der Waals surface area contributed by atoms with Crippen molar-refractivity contribution in [1.29, 1.82) is 0 Å². The maximum absolute atomic E-state index is 13.0. The molecule has 2 aliphatic heterocycles. The molecule has 0 bridgehead atoms. The summed E-state index contributed by atoms with van der Waals surface area (Å²) in [5.41, 5.74) is -1.26. The van der Waals surface area contributed by atoms with Crippen LogP contribution in [-0.4, -0.2) is 91.2 Å². The first-order chi connectivity index (χ1) is 20.0. The minimum atomic E-state index is -1.93. The number of aliphatic hydroxyl groups excluding tert-OH is 1. The number of aliphatic carboxylic acids is 2. The van der Waals surface area contributed by atoms with E-state index >= 15 is 0 Å². The molecule has 0 spiro atoms. The first-order valence-corrected chi connectivity index (χ1v) is 13.9. The van der Waals surface area contributed by atoms with E-state index < -0.39 is 64.1 Å². The van der Waals surface area contributed by atoms with Crippen LogP contribution in [0, 0.1) is 10.1 Å². The van der Waals surface area contributed by atoms with E-state index in [1.165, 1.54) is 42.1 Å². The van der Waals surface area contributed by atoms with Gasteiger partial charge >= 0.3 is 17.6 Å². The molecule has 19 heteroatoms. The minimum absolute atomic E-state index is 0.0784. The van der Waals surface area contributed by atoms with Crippen LogP contribution in [0.15, 0.2) is 57.5 Å². The van der Waals surface area contributed by atoms with Gasteiger partial charge in [0.25, 0.3) is 17.5 Å². The summed E-state index contributed by atoms with van der Waals surface area (Å²) >= 11 is 2.27. The van der Waals surface area contributed by atoms with Crippen LogP contribution < -0.4 is 11.0 Å². The highest BCUT2D eigenvalue weighted by Crippen LogP contribution is 2.41. The molecule has 3 aromatic rings. The van der Waals surface area contributed by atoms with E-state index in [1.54, 1.807) is 0 Å². The number of carbonyl (C=O) groups is 4. The normalized spacial score (nSPS) is 18.8. The molecule has 0 radical (unpaired) electrons. The smallest absolute Gasteiger partial charge is 0.367 e. The molecule has 17 nitrogen and oxygen atoms in total. The zero-order valence-electron chi connectivity index (χ0n) is 21.0. The van der Waals surface area contributed by atoms with E-state index in [0.717, 1.165) is 31.9 Å². The van der Waals surface area contributed by atoms with Gasteiger partial charge in [0.1, 0.15) is 28.7 Å². The van der Waals surface area contributed by atoms with Crippen LogP contribution in [-0.2, 0) is 25.7 Å². The molecule has 218 valence electrons. The number of benzene rings is 1. The summed E-state index contributed by atoms with van der Waals surface area (Å²) in [4.78, 5) is 72.7. The number of β-lactam (4-membered cyclic amide) rings is 1. The Morgan fingerprint density at radius 2 is 1.90 bits per heavy atom. The minimum Gasteiger partial charge on any atom is -0.480 e. The maximum atomic E-state index is 13.0. The number of aliphatic hydroxyl groups is 1. The molecule has 0 saturated carbocycles. The summed E-state index contributed by atoms with van der Waals surface area (Å²) in [5.74, 6) is -4.16. The molecule has 1 fully saturated rings. The van der Waals surface area contributed by atoms with E-state index in [-0.39, 0.29) is 28.4 Å². The highest BCUT2D eigenvalue weighted by Gasteiger charge is 2.54. The molecule has 4 N–H and O–H groups in total. The number of nitrogens with one attached hydrogen (secondary N) is 1. The standard InChI is InChI=1S/C23H19N7O10S2/c31-15(32)7-27-23(38)29-13(25-27)5-6-14(26-29)41-8-10-9-42-21-16(20(35)28(21)17(10)22(36)37)24-19(34)18(33)11-3-1-2-4-12(11)30(39)40/h1-6,16,18,21,33H,7-9H2,(H,24,34)(H,31,32)(H,36,37)/t16?,18?,21-/m0/s1. The summed E-state index contributed by atoms with van der Waals surface area (Å²) in [7, 11) is 0. The lowest BCUT2D eigenvalue weighted by Crippen LogP contribution is -2.70. The second-order valence-electron chi connectivity index (χ2n) is 8.94. The van der Waals surface area contributed by atoms with Crippen LogP contribution in [0.2, 0.25) is 0 Å². The third kappa shape index (κ3) is 5.19. The average Bonchev–Trinajstić information content (AvgIpc) is 3.26. The molecule has 2 amide bonds. The Hall–Kier alpha value is -4.75. The van der Waals surface area contributed by atoms with Crippen molar-refractivity contribution in [3.63, 3.8) is 0 Å². The lowest BCUT2D eigenvalue weighted by Gasteiger charge is -2.49. The number of nitro benzene ring substituents is 1. The number of carboxylic acid groups (broad SMARTS) is 2. The monoisotopic (exact) mass is 617 g/mol. The van der Waals surface area contributed by atoms with Crippen LogP contribution in [0.3, 0.4) is 0 Å². The summed E-state index contributed by atoms with van der Waals surface area (Å²) in [6, 6.07) is 6.94. The van der Waals surface area contributed by atoms with Crippen molar-refractivity contribution in [1.82, 2.24) is 29.6 Å². The molecule has 3 atom stereocenters. The van der Waals surface area contributed by atoms with E-state index in [1.807, 2.05) is 0 Å². The van der Waals surface area contributed by atoms with Crippen LogP contribution >= 0.6 is 23.5 Å². The molecular weight excluding hydrogens is 598 g/mol. The van der Waals surface area contributed by atoms with Crippen molar-refractivity contribution in [2.75, 3.05) is 11.5 Å². The molecule has 4 heterocycles. The summed E-state index contributed by atoms with van der Waals surface area (Å²) in [6.07, 6.45) is -1.93. The van der Waals surface area contributed by atoms with Crippen molar-refractivity contribution < 1.29 is 39.4 Å². The van der Waals surface area contributed by atoms with Gasteiger partial charge in [-0.1, -0.05) is 12.1 Å². The molecule has 2 unspecified atom stereocenters. The molecule has 0 aliphatic carbocycles. The number of nitrogens with zero attached hydrogens (tertiary/aromatic N) is 6. The summed E-state index contributed by atoms with van der Waals surface area (Å²) in [6.45, 7) is -0.644. The second kappa shape index (κ2) is 11.3. The first-order valence-electron chi connectivity index (χ1n) is 11.9. The van der Waals surface area contributed by atoms with Crippen molar-refractivity contribution in [2.45, 2.75) is 29.1 Å². The second-order valence-corrected chi connectivity index (χ2v) is 11.0. The Balaban J connectivity index is 1.30. The van der Waals surface area contributed by atoms with E-state index in [0.29, 0.717) is 10.6 Å². The molecule has 1 aromatic carbocycles. The third-order valence-electron chi connectivity index (χ3n) is 6.32. The number of amides is 2. The molecule has 2 aliphatic rings. The van der Waals surface area contributed by atoms with Gasteiger partial charge in [0, 0.05) is 17.6 Å². The molecule has 5 rings (SSSR count). The predicted octanol–water partition coefficient (Wildman–Crippen LogP) is -0.552. The fourth-order valence-electron chi connectivity index (χ4n) is 4.41. The van der Waals surface area contributed by atoms with Crippen LogP contribution in [0.25, 0.3) is 5.65 Å².